The Bertz CT molecular complexity index is 625. The molecule has 2 bridgehead atoms. The highest BCUT2D eigenvalue weighted by Crippen LogP contribution is 2.41. The molecule has 6 nitrogen and oxygen atoms in total. The second-order valence-electron chi connectivity index (χ2n) is 6.42. The first-order valence-corrected chi connectivity index (χ1v) is 7.77. The number of aromatic carboxylic acids is 1. The van der Waals surface area contributed by atoms with Crippen molar-refractivity contribution < 1.29 is 29.3 Å². The predicted octanol–water partition coefficient (Wildman–Crippen LogP) is 1.71. The van der Waals surface area contributed by atoms with Crippen LogP contribution in [0.4, 0.5) is 0 Å². The van der Waals surface area contributed by atoms with Crippen LogP contribution in [0.2, 0.25) is 0 Å². The molecule has 0 amide bonds. The lowest BCUT2D eigenvalue weighted by atomic mass is 9.89. The largest absolute Gasteiger partial charge is 0.478 e. The van der Waals surface area contributed by atoms with Crippen molar-refractivity contribution in [3.63, 3.8) is 0 Å². The number of hydrogen-bond acceptors (Lipinski definition) is 5. The monoisotopic (exact) mass is 320 g/mol. The number of hydrogen-bond donors (Lipinski definition) is 2. The molecule has 3 rings (SSSR count). The number of rotatable bonds is 3. The molecule has 6 atom stereocenters. The Morgan fingerprint density at radius 3 is 2.52 bits per heavy atom. The topological polar surface area (TPSA) is 93.1 Å². The predicted molar refractivity (Wildman–Crippen MR) is 80.2 cm³/mol. The fourth-order valence-corrected chi connectivity index (χ4v) is 3.64. The number of fused-ring (bicyclic) bond motifs is 2. The zero-order valence-electron chi connectivity index (χ0n) is 13.0. The van der Waals surface area contributed by atoms with Crippen molar-refractivity contribution in [1.29, 1.82) is 0 Å². The van der Waals surface area contributed by atoms with Gasteiger partial charge in [0.1, 0.15) is 0 Å². The molecule has 6 heteroatoms. The molecular weight excluding hydrogens is 300 g/mol. The molecule has 0 spiro atoms. The summed E-state index contributed by atoms with van der Waals surface area (Å²) in [7, 11) is 0. The maximum Gasteiger partial charge on any atom is 0.339 e. The zero-order valence-corrected chi connectivity index (χ0v) is 13.0. The molecule has 2 aliphatic rings. The standard InChI is InChI=1S/C17H20O6/c1-8-7-12-15(13(18)9(2)14(8)22-12)23-17(21)11-6-4-3-5-10(11)16(19)20/h3-6,8-9,12-15,18H,7H2,1-2H3,(H,19,20)/t8?,9?,12-,13-,14?,15+/m0/s1. The molecule has 3 unspecified atom stereocenters. The van der Waals surface area contributed by atoms with Crippen molar-refractivity contribution in [2.45, 2.75) is 44.7 Å². The first-order valence-electron chi connectivity index (χ1n) is 7.77. The van der Waals surface area contributed by atoms with Gasteiger partial charge in [-0.1, -0.05) is 26.0 Å². The summed E-state index contributed by atoms with van der Waals surface area (Å²) < 4.78 is 11.3. The summed E-state index contributed by atoms with van der Waals surface area (Å²) in [4.78, 5) is 23.6. The third-order valence-electron chi connectivity index (χ3n) is 4.88. The van der Waals surface area contributed by atoms with Gasteiger partial charge in [-0.2, -0.15) is 0 Å². The molecule has 0 saturated carbocycles. The van der Waals surface area contributed by atoms with Gasteiger partial charge in [0, 0.05) is 5.92 Å². The van der Waals surface area contributed by atoms with Crippen LogP contribution < -0.4 is 0 Å². The summed E-state index contributed by atoms with van der Waals surface area (Å²) in [5.74, 6) is -1.79. The van der Waals surface area contributed by atoms with E-state index in [0.717, 1.165) is 0 Å². The van der Waals surface area contributed by atoms with Crippen LogP contribution in [-0.4, -0.2) is 46.6 Å². The maximum atomic E-state index is 12.4. The second kappa shape index (κ2) is 5.94. The van der Waals surface area contributed by atoms with Gasteiger partial charge in [-0.05, 0) is 24.5 Å². The lowest BCUT2D eigenvalue weighted by Gasteiger charge is -2.38. The van der Waals surface area contributed by atoms with Gasteiger partial charge in [-0.3, -0.25) is 0 Å². The highest BCUT2D eigenvalue weighted by Gasteiger charge is 2.52. The number of aliphatic hydroxyl groups excluding tert-OH is 1. The molecule has 23 heavy (non-hydrogen) atoms. The Kier molecular flexibility index (Phi) is 4.12. The van der Waals surface area contributed by atoms with Crippen molar-refractivity contribution in [2.24, 2.45) is 11.8 Å². The second-order valence-corrected chi connectivity index (χ2v) is 6.42. The van der Waals surface area contributed by atoms with E-state index in [1.165, 1.54) is 12.1 Å². The third kappa shape index (κ3) is 2.72. The zero-order chi connectivity index (χ0) is 16.7. The maximum absolute atomic E-state index is 12.4. The van der Waals surface area contributed by atoms with Crippen molar-refractivity contribution >= 4 is 11.9 Å². The van der Waals surface area contributed by atoms with E-state index >= 15 is 0 Å². The van der Waals surface area contributed by atoms with Crippen LogP contribution in [0.3, 0.4) is 0 Å². The molecule has 2 heterocycles. The van der Waals surface area contributed by atoms with Crippen molar-refractivity contribution in [3.05, 3.63) is 35.4 Å². The lowest BCUT2D eigenvalue weighted by Crippen LogP contribution is -2.51. The molecule has 1 aromatic rings. The van der Waals surface area contributed by atoms with E-state index in [-0.39, 0.29) is 29.3 Å². The molecule has 124 valence electrons. The van der Waals surface area contributed by atoms with Crippen molar-refractivity contribution in [3.8, 4) is 0 Å². The third-order valence-corrected chi connectivity index (χ3v) is 4.88. The van der Waals surface area contributed by atoms with E-state index in [1.807, 2.05) is 6.92 Å². The van der Waals surface area contributed by atoms with Gasteiger partial charge in [0.05, 0.1) is 29.4 Å². The first kappa shape index (κ1) is 16.0. The van der Waals surface area contributed by atoms with Gasteiger partial charge < -0.3 is 19.7 Å². The Balaban J connectivity index is 1.82. The van der Waals surface area contributed by atoms with E-state index in [1.54, 1.807) is 12.1 Å². The van der Waals surface area contributed by atoms with Gasteiger partial charge in [0.25, 0.3) is 0 Å². The highest BCUT2D eigenvalue weighted by atomic mass is 16.6. The minimum absolute atomic E-state index is 0.0204. The van der Waals surface area contributed by atoms with Crippen LogP contribution in [-0.2, 0) is 9.47 Å². The average molecular weight is 320 g/mol. The molecular formula is C17H20O6. The van der Waals surface area contributed by atoms with E-state index in [9.17, 15) is 19.8 Å². The van der Waals surface area contributed by atoms with Gasteiger partial charge >= 0.3 is 11.9 Å². The van der Waals surface area contributed by atoms with Crippen LogP contribution in [0.1, 0.15) is 41.0 Å². The lowest BCUT2D eigenvalue weighted by molar-refractivity contribution is -0.170. The molecule has 2 fully saturated rings. The summed E-state index contributed by atoms with van der Waals surface area (Å²) in [5.41, 5.74) is -0.137. The summed E-state index contributed by atoms with van der Waals surface area (Å²) in [6.45, 7) is 3.93. The molecule has 1 aromatic carbocycles. The number of carboxylic acid groups (broad SMARTS) is 1. The molecule has 0 aliphatic carbocycles. The number of carbonyl (C=O) groups is 2. The fourth-order valence-electron chi connectivity index (χ4n) is 3.64. The van der Waals surface area contributed by atoms with Crippen LogP contribution >= 0.6 is 0 Å². The van der Waals surface area contributed by atoms with Gasteiger partial charge in [0.15, 0.2) is 6.10 Å². The van der Waals surface area contributed by atoms with E-state index in [0.29, 0.717) is 12.3 Å². The average Bonchev–Trinajstić information content (AvgIpc) is 2.88. The van der Waals surface area contributed by atoms with Crippen molar-refractivity contribution in [2.75, 3.05) is 0 Å². The van der Waals surface area contributed by atoms with E-state index in [4.69, 9.17) is 9.47 Å². The number of carbonyl (C=O) groups excluding carboxylic acids is 1. The minimum atomic E-state index is -1.19. The number of esters is 1. The van der Waals surface area contributed by atoms with E-state index < -0.39 is 24.1 Å². The summed E-state index contributed by atoms with van der Waals surface area (Å²) in [6.07, 6.45) is -1.26. The minimum Gasteiger partial charge on any atom is -0.478 e. The highest BCUT2D eigenvalue weighted by molar-refractivity contribution is 6.02. The molecule has 0 radical (unpaired) electrons. The number of aliphatic hydroxyl groups is 1. The first-order chi connectivity index (χ1) is 10.9. The smallest absolute Gasteiger partial charge is 0.339 e. The molecule has 2 saturated heterocycles. The van der Waals surface area contributed by atoms with Crippen LogP contribution in [0.5, 0.6) is 0 Å². The quantitative estimate of drug-likeness (QED) is 0.824. The summed E-state index contributed by atoms with van der Waals surface area (Å²) in [5, 5.41) is 19.6. The number of ether oxygens (including phenoxy) is 2. The molecule has 0 aromatic heterocycles. The Hall–Kier alpha value is -1.92. The van der Waals surface area contributed by atoms with Crippen LogP contribution in [0, 0.1) is 11.8 Å². The van der Waals surface area contributed by atoms with Gasteiger partial charge in [-0.15, -0.1) is 0 Å². The van der Waals surface area contributed by atoms with Gasteiger partial charge in [-0.25, -0.2) is 9.59 Å². The number of benzene rings is 1. The summed E-state index contributed by atoms with van der Waals surface area (Å²) >= 11 is 0. The number of carboxylic acids is 1. The summed E-state index contributed by atoms with van der Waals surface area (Å²) in [6, 6.07) is 5.88. The Labute approximate surface area is 134 Å². The Morgan fingerprint density at radius 1 is 1.22 bits per heavy atom. The molecule has 2 aliphatic heterocycles. The SMILES string of the molecule is CC1C[C@@H]2OC1C(C)[C@H](O)[C@@H]2OC(=O)c1ccccc1C(=O)O. The Morgan fingerprint density at radius 2 is 1.87 bits per heavy atom. The van der Waals surface area contributed by atoms with Crippen LogP contribution in [0.25, 0.3) is 0 Å². The normalized spacial score (nSPS) is 35.8. The molecule has 2 N–H and O–H groups in total. The van der Waals surface area contributed by atoms with Crippen molar-refractivity contribution in [1.82, 2.24) is 0 Å². The van der Waals surface area contributed by atoms with Gasteiger partial charge in [0.2, 0.25) is 0 Å². The van der Waals surface area contributed by atoms with E-state index in [2.05, 4.69) is 6.92 Å². The fraction of sp³-hybridized carbons (Fsp3) is 0.529. The van der Waals surface area contributed by atoms with Crippen LogP contribution in [0.15, 0.2) is 24.3 Å².